The quantitative estimate of drug-likeness (QED) is 0.568. The van der Waals surface area contributed by atoms with Gasteiger partial charge in [0.2, 0.25) is 5.91 Å². The predicted octanol–water partition coefficient (Wildman–Crippen LogP) is 4.19. The molecule has 0 aliphatic carbocycles. The summed E-state index contributed by atoms with van der Waals surface area (Å²) in [7, 11) is 0. The molecular weight excluding hydrogens is 421 g/mol. The van der Waals surface area contributed by atoms with Crippen LogP contribution >= 0.6 is 0 Å². The summed E-state index contributed by atoms with van der Waals surface area (Å²) in [5.74, 6) is -0.449. The van der Waals surface area contributed by atoms with Gasteiger partial charge >= 0.3 is 0 Å². The molecule has 9 heteroatoms. The van der Waals surface area contributed by atoms with Crippen LogP contribution < -0.4 is 20.3 Å². The summed E-state index contributed by atoms with van der Waals surface area (Å²) in [4.78, 5) is 18.0. The molecule has 174 valence electrons. The molecule has 3 rings (SSSR count). The van der Waals surface area contributed by atoms with E-state index >= 15 is 0 Å². The van der Waals surface area contributed by atoms with E-state index in [9.17, 15) is 18.0 Å². The maximum Gasteiger partial charge on any atom is 0.255 e. The summed E-state index contributed by atoms with van der Waals surface area (Å²) in [5.41, 5.74) is 1.21. The van der Waals surface area contributed by atoms with Gasteiger partial charge in [-0.2, -0.15) is 0 Å². The molecule has 1 aliphatic heterocycles. The van der Waals surface area contributed by atoms with Gasteiger partial charge in [-0.3, -0.25) is 4.79 Å². The Labute approximate surface area is 186 Å². The van der Waals surface area contributed by atoms with Crippen LogP contribution in [0.2, 0.25) is 0 Å². The number of carbonyl (C=O) groups is 1. The van der Waals surface area contributed by atoms with Crippen LogP contribution in [-0.4, -0.2) is 49.6 Å². The number of pyridine rings is 1. The minimum atomic E-state index is -2.58. The maximum absolute atomic E-state index is 14.8. The van der Waals surface area contributed by atoms with Crippen molar-refractivity contribution in [2.45, 2.75) is 45.1 Å². The Bertz CT molecular complexity index is 895. The Hall–Kier alpha value is -2.97. The van der Waals surface area contributed by atoms with E-state index in [0.29, 0.717) is 36.6 Å². The standard InChI is InChI=1S/C23H29F3N4O2/c1-3-10-27-22-21(26)19(8-11-28-22)30-12-9-18(14-30)32-17-6-4-16(5-7-17)15(2)23(31)29-13-20(24)25/h4-8,11,15,18,20H,3,9-10,12-14H2,1-2H3,(H,27,28)(H,29,31)/t15?,18-/m1/s1. The van der Waals surface area contributed by atoms with Crippen LogP contribution in [0.15, 0.2) is 36.5 Å². The maximum atomic E-state index is 14.8. The van der Waals surface area contributed by atoms with E-state index in [1.807, 2.05) is 11.8 Å². The number of anilines is 2. The first kappa shape index (κ1) is 23.7. The van der Waals surface area contributed by atoms with Gasteiger partial charge in [-0.05, 0) is 37.1 Å². The van der Waals surface area contributed by atoms with E-state index in [4.69, 9.17) is 4.74 Å². The van der Waals surface area contributed by atoms with Crippen molar-refractivity contribution >= 4 is 17.4 Å². The molecular formula is C23H29F3N4O2. The number of ether oxygens (including phenoxy) is 1. The summed E-state index contributed by atoms with van der Waals surface area (Å²) >= 11 is 0. The van der Waals surface area contributed by atoms with Crippen LogP contribution in [0.4, 0.5) is 24.7 Å². The summed E-state index contributed by atoms with van der Waals surface area (Å²) in [6, 6.07) is 8.69. The fourth-order valence-corrected chi connectivity index (χ4v) is 3.60. The minimum absolute atomic E-state index is 0.104. The zero-order valence-electron chi connectivity index (χ0n) is 18.3. The molecule has 1 amide bonds. The highest BCUT2D eigenvalue weighted by atomic mass is 19.3. The van der Waals surface area contributed by atoms with Crippen LogP contribution in [0.3, 0.4) is 0 Å². The molecule has 32 heavy (non-hydrogen) atoms. The third-order valence-electron chi connectivity index (χ3n) is 5.40. The lowest BCUT2D eigenvalue weighted by Crippen LogP contribution is -2.31. The Morgan fingerprint density at radius 3 is 2.72 bits per heavy atom. The highest BCUT2D eigenvalue weighted by Gasteiger charge is 2.27. The molecule has 0 bridgehead atoms. The number of nitrogens with one attached hydrogen (secondary N) is 2. The Kier molecular flexibility index (Phi) is 8.19. The van der Waals surface area contributed by atoms with Crippen molar-refractivity contribution in [3.05, 3.63) is 47.9 Å². The number of hydrogen-bond donors (Lipinski definition) is 2. The Balaban J connectivity index is 1.56. The van der Waals surface area contributed by atoms with Gasteiger partial charge in [0, 0.05) is 25.7 Å². The number of nitrogens with zero attached hydrogens (tertiary/aromatic N) is 2. The van der Waals surface area contributed by atoms with Crippen molar-refractivity contribution in [1.29, 1.82) is 0 Å². The van der Waals surface area contributed by atoms with E-state index in [1.165, 1.54) is 0 Å². The number of aromatic nitrogens is 1. The number of benzene rings is 1. The molecule has 1 unspecified atom stereocenters. The molecule has 2 atom stereocenters. The van der Waals surface area contributed by atoms with Crippen LogP contribution in [0.25, 0.3) is 0 Å². The van der Waals surface area contributed by atoms with Gasteiger partial charge in [0.25, 0.3) is 6.43 Å². The summed E-state index contributed by atoms with van der Waals surface area (Å²) in [6.07, 6.45) is 0.540. The van der Waals surface area contributed by atoms with E-state index in [0.717, 1.165) is 12.8 Å². The van der Waals surface area contributed by atoms with E-state index in [1.54, 1.807) is 43.5 Å². The lowest BCUT2D eigenvalue weighted by Gasteiger charge is -2.21. The van der Waals surface area contributed by atoms with Gasteiger partial charge in [-0.25, -0.2) is 18.2 Å². The second-order valence-electron chi connectivity index (χ2n) is 7.82. The number of halogens is 3. The van der Waals surface area contributed by atoms with E-state index < -0.39 is 24.8 Å². The molecule has 1 aromatic heterocycles. The fourth-order valence-electron chi connectivity index (χ4n) is 3.60. The zero-order chi connectivity index (χ0) is 23.1. The molecule has 1 aromatic carbocycles. The van der Waals surface area contributed by atoms with Crippen molar-refractivity contribution in [1.82, 2.24) is 10.3 Å². The summed E-state index contributed by atoms with van der Waals surface area (Å²) in [5, 5.41) is 5.23. The lowest BCUT2D eigenvalue weighted by atomic mass is 10.0. The Morgan fingerprint density at radius 2 is 2.03 bits per heavy atom. The van der Waals surface area contributed by atoms with Crippen molar-refractivity contribution in [3.8, 4) is 5.75 Å². The van der Waals surface area contributed by atoms with Crippen LogP contribution in [0, 0.1) is 5.82 Å². The van der Waals surface area contributed by atoms with Crippen LogP contribution in [0.1, 0.15) is 38.2 Å². The first-order valence-electron chi connectivity index (χ1n) is 10.8. The fraction of sp³-hybridized carbons (Fsp3) is 0.478. The van der Waals surface area contributed by atoms with Crippen molar-refractivity contribution in [3.63, 3.8) is 0 Å². The molecule has 1 saturated heterocycles. The minimum Gasteiger partial charge on any atom is -0.489 e. The monoisotopic (exact) mass is 450 g/mol. The van der Waals surface area contributed by atoms with Crippen molar-refractivity contribution in [2.75, 3.05) is 36.4 Å². The molecule has 1 fully saturated rings. The lowest BCUT2D eigenvalue weighted by molar-refractivity contribution is -0.122. The number of carbonyl (C=O) groups excluding carboxylic acids is 1. The van der Waals surface area contributed by atoms with Gasteiger partial charge in [0.1, 0.15) is 11.9 Å². The number of alkyl halides is 2. The first-order valence-corrected chi connectivity index (χ1v) is 10.8. The molecule has 0 radical (unpaired) electrons. The average Bonchev–Trinajstić information content (AvgIpc) is 3.25. The topological polar surface area (TPSA) is 66.5 Å². The molecule has 2 N–H and O–H groups in total. The zero-order valence-corrected chi connectivity index (χ0v) is 18.3. The molecule has 2 aromatic rings. The number of hydrogen-bond acceptors (Lipinski definition) is 5. The van der Waals surface area contributed by atoms with Crippen LogP contribution in [-0.2, 0) is 4.79 Å². The smallest absolute Gasteiger partial charge is 0.255 e. The molecule has 0 saturated carbocycles. The second kappa shape index (κ2) is 11.1. The number of rotatable bonds is 10. The summed E-state index contributed by atoms with van der Waals surface area (Å²) < 4.78 is 45.4. The SMILES string of the molecule is CCCNc1nccc(N2CC[C@@H](Oc3ccc(C(C)C(=O)NCC(F)F)cc3)C2)c1F. The predicted molar refractivity (Wildman–Crippen MR) is 118 cm³/mol. The highest BCUT2D eigenvalue weighted by Crippen LogP contribution is 2.29. The van der Waals surface area contributed by atoms with Gasteiger partial charge in [-0.15, -0.1) is 0 Å². The van der Waals surface area contributed by atoms with E-state index in [2.05, 4.69) is 15.6 Å². The van der Waals surface area contributed by atoms with Gasteiger partial charge in [-0.1, -0.05) is 19.1 Å². The first-order chi connectivity index (χ1) is 15.4. The number of amides is 1. The van der Waals surface area contributed by atoms with Gasteiger partial charge in [0.05, 0.1) is 24.7 Å². The van der Waals surface area contributed by atoms with Crippen molar-refractivity contribution in [2.24, 2.45) is 0 Å². The average molecular weight is 451 g/mol. The molecule has 6 nitrogen and oxygen atoms in total. The van der Waals surface area contributed by atoms with Gasteiger partial charge < -0.3 is 20.3 Å². The molecule has 1 aliphatic rings. The summed E-state index contributed by atoms with van der Waals surface area (Å²) in [6.45, 7) is 4.88. The third-order valence-corrected chi connectivity index (χ3v) is 5.40. The third kappa shape index (κ3) is 6.05. The van der Waals surface area contributed by atoms with Crippen LogP contribution in [0.5, 0.6) is 5.75 Å². The van der Waals surface area contributed by atoms with E-state index in [-0.39, 0.29) is 17.7 Å². The molecule has 0 spiro atoms. The second-order valence-corrected chi connectivity index (χ2v) is 7.82. The van der Waals surface area contributed by atoms with Crippen molar-refractivity contribution < 1.29 is 22.7 Å². The Morgan fingerprint density at radius 1 is 1.28 bits per heavy atom. The largest absolute Gasteiger partial charge is 0.489 e. The highest BCUT2D eigenvalue weighted by molar-refractivity contribution is 5.83. The normalized spacial score (nSPS) is 16.8. The molecule has 2 heterocycles. The van der Waals surface area contributed by atoms with Gasteiger partial charge in [0.15, 0.2) is 11.6 Å².